The van der Waals surface area contributed by atoms with E-state index >= 15 is 4.39 Å². The van der Waals surface area contributed by atoms with E-state index in [1.807, 2.05) is 12.1 Å². The van der Waals surface area contributed by atoms with Gasteiger partial charge in [0.15, 0.2) is 0 Å². The Balaban J connectivity index is 0.882. The second kappa shape index (κ2) is 13.0. The Kier molecular flexibility index (Phi) is 8.44. The van der Waals surface area contributed by atoms with E-state index in [4.69, 9.17) is 4.74 Å². The van der Waals surface area contributed by atoms with Gasteiger partial charge in [0.1, 0.15) is 17.3 Å². The minimum Gasteiger partial charge on any atom is -0.508 e. The smallest absolute Gasteiger partial charge is 0.254 e. The van der Waals surface area contributed by atoms with Crippen molar-refractivity contribution in [2.24, 2.45) is 5.92 Å². The van der Waals surface area contributed by atoms with E-state index in [1.54, 1.807) is 24.1 Å². The first-order valence-electron chi connectivity index (χ1n) is 17.7. The van der Waals surface area contributed by atoms with Crippen LogP contribution in [0.5, 0.6) is 11.5 Å². The van der Waals surface area contributed by atoms with Crippen LogP contribution in [0.1, 0.15) is 62.9 Å². The molecule has 1 amide bonds. The van der Waals surface area contributed by atoms with Crippen LogP contribution < -0.4 is 14.5 Å². The number of halogens is 1. The quantitative estimate of drug-likeness (QED) is 0.246. The average Bonchev–Trinajstić information content (AvgIpc) is 3.39. The number of nitrogens with zero attached hydrogens (tertiary/aromatic N) is 4. The fourth-order valence-electron chi connectivity index (χ4n) is 8.51. The maximum atomic E-state index is 15.0. The molecule has 7 nitrogen and oxygen atoms in total. The van der Waals surface area contributed by atoms with Crippen molar-refractivity contribution in [2.45, 2.75) is 38.1 Å². The van der Waals surface area contributed by atoms with Gasteiger partial charge in [-0.25, -0.2) is 4.39 Å². The Hall–Kier alpha value is -4.56. The predicted molar refractivity (Wildman–Crippen MR) is 192 cm³/mol. The molecule has 2 fully saturated rings. The first-order chi connectivity index (χ1) is 23.8. The molecule has 0 aliphatic carbocycles. The van der Waals surface area contributed by atoms with Crippen molar-refractivity contribution >= 4 is 17.3 Å². The van der Waals surface area contributed by atoms with Gasteiger partial charge >= 0.3 is 0 Å². The number of phenolic OH excluding ortho intramolecular Hbond substituents is 1. The molecule has 8 heteroatoms. The molecule has 2 saturated heterocycles. The Labute approximate surface area is 288 Å². The molecule has 254 valence electrons. The van der Waals surface area contributed by atoms with Crippen molar-refractivity contribution < 1.29 is 19.0 Å². The van der Waals surface area contributed by atoms with Gasteiger partial charge in [-0.15, -0.1) is 0 Å². The SMILES string of the molecule is Cc1cccc(C2COc3cc(O)ccc3C2c2ccc(N3CCC(CN4CCN(c5cc6c(cc5F)C(=O)N(C)C6)CC4)CC3)cc2)c1. The Morgan fingerprint density at radius 3 is 2.39 bits per heavy atom. The number of carbonyl (C=O) groups is 1. The number of piperidine rings is 1. The minimum atomic E-state index is -0.291. The lowest BCUT2D eigenvalue weighted by Gasteiger charge is -2.40. The number of aryl methyl sites for hydroxylation is 1. The number of benzene rings is 4. The maximum Gasteiger partial charge on any atom is 0.254 e. The second-order valence-corrected chi connectivity index (χ2v) is 14.5. The summed E-state index contributed by atoms with van der Waals surface area (Å²) in [7, 11) is 1.77. The van der Waals surface area contributed by atoms with E-state index in [0.717, 1.165) is 75.5 Å². The van der Waals surface area contributed by atoms with Gasteiger partial charge in [0.05, 0.1) is 12.3 Å². The van der Waals surface area contributed by atoms with Crippen molar-refractivity contribution in [1.29, 1.82) is 0 Å². The molecule has 0 radical (unpaired) electrons. The molecule has 4 aromatic rings. The van der Waals surface area contributed by atoms with Gasteiger partial charge in [-0.1, -0.05) is 48.0 Å². The molecule has 0 aromatic heterocycles. The molecule has 2 unspecified atom stereocenters. The number of anilines is 2. The summed E-state index contributed by atoms with van der Waals surface area (Å²) in [5.74, 6) is 1.58. The van der Waals surface area contributed by atoms with E-state index in [-0.39, 0.29) is 29.3 Å². The fourth-order valence-corrected chi connectivity index (χ4v) is 8.51. The van der Waals surface area contributed by atoms with E-state index in [1.165, 1.54) is 28.4 Å². The van der Waals surface area contributed by atoms with Gasteiger partial charge in [-0.05, 0) is 72.7 Å². The molecule has 4 aliphatic rings. The summed E-state index contributed by atoms with van der Waals surface area (Å²) >= 11 is 0. The number of fused-ring (bicyclic) bond motifs is 2. The molecular weight excluding hydrogens is 615 g/mol. The lowest BCUT2D eigenvalue weighted by Crippen LogP contribution is -2.49. The normalized spacial score (nSPS) is 21.4. The van der Waals surface area contributed by atoms with Crippen LogP contribution in [-0.2, 0) is 6.54 Å². The molecule has 4 aliphatic heterocycles. The van der Waals surface area contributed by atoms with Gasteiger partial charge in [0.2, 0.25) is 0 Å². The third-order valence-corrected chi connectivity index (χ3v) is 11.2. The van der Waals surface area contributed by atoms with Crippen molar-refractivity contribution in [1.82, 2.24) is 9.80 Å². The summed E-state index contributed by atoms with van der Waals surface area (Å²) in [5.41, 5.74) is 8.23. The predicted octanol–water partition coefficient (Wildman–Crippen LogP) is 6.77. The molecule has 1 N–H and O–H groups in total. The maximum absolute atomic E-state index is 15.0. The fraction of sp³-hybridized carbons (Fsp3) is 0.390. The van der Waals surface area contributed by atoms with E-state index < -0.39 is 0 Å². The number of phenols is 1. The zero-order valence-electron chi connectivity index (χ0n) is 28.4. The highest BCUT2D eigenvalue weighted by Crippen LogP contribution is 2.47. The molecule has 0 saturated carbocycles. The first-order valence-corrected chi connectivity index (χ1v) is 17.7. The Morgan fingerprint density at radius 1 is 0.857 bits per heavy atom. The lowest BCUT2D eigenvalue weighted by atomic mass is 9.75. The van der Waals surface area contributed by atoms with Crippen LogP contribution in [-0.4, -0.2) is 80.3 Å². The number of hydrogen-bond acceptors (Lipinski definition) is 6. The zero-order chi connectivity index (χ0) is 33.6. The monoisotopic (exact) mass is 660 g/mol. The number of hydrogen-bond donors (Lipinski definition) is 1. The van der Waals surface area contributed by atoms with Crippen LogP contribution >= 0.6 is 0 Å². The van der Waals surface area contributed by atoms with Crippen LogP contribution in [0.25, 0.3) is 0 Å². The van der Waals surface area contributed by atoms with Crippen LogP contribution in [0, 0.1) is 18.7 Å². The van der Waals surface area contributed by atoms with Gasteiger partial charge in [-0.3, -0.25) is 9.69 Å². The minimum absolute atomic E-state index is 0.0935. The first kappa shape index (κ1) is 31.7. The summed E-state index contributed by atoms with van der Waals surface area (Å²) in [5, 5.41) is 10.1. The highest BCUT2D eigenvalue weighted by molar-refractivity contribution is 5.98. The summed E-state index contributed by atoms with van der Waals surface area (Å²) < 4.78 is 21.2. The molecular formula is C41H45FN4O3. The summed E-state index contributed by atoms with van der Waals surface area (Å²) in [6, 6.07) is 26.7. The molecule has 0 bridgehead atoms. The number of piperazine rings is 1. The van der Waals surface area contributed by atoms with Gasteiger partial charge < -0.3 is 24.5 Å². The van der Waals surface area contributed by atoms with Gasteiger partial charge in [0, 0.05) is 94.1 Å². The van der Waals surface area contributed by atoms with E-state index in [9.17, 15) is 9.90 Å². The number of carbonyl (C=O) groups excluding carboxylic acids is 1. The molecule has 0 spiro atoms. The third-order valence-electron chi connectivity index (χ3n) is 11.2. The Morgan fingerprint density at radius 2 is 1.63 bits per heavy atom. The second-order valence-electron chi connectivity index (χ2n) is 14.5. The van der Waals surface area contributed by atoms with E-state index in [2.05, 4.69) is 70.2 Å². The van der Waals surface area contributed by atoms with Crippen molar-refractivity contribution in [3.8, 4) is 11.5 Å². The summed E-state index contributed by atoms with van der Waals surface area (Å²) in [4.78, 5) is 21.1. The lowest BCUT2D eigenvalue weighted by molar-refractivity contribution is 0.0816. The number of amides is 1. The van der Waals surface area contributed by atoms with Crippen molar-refractivity contribution in [3.05, 3.63) is 118 Å². The largest absolute Gasteiger partial charge is 0.508 e. The third kappa shape index (κ3) is 6.23. The van der Waals surface area contributed by atoms with Crippen molar-refractivity contribution in [3.63, 3.8) is 0 Å². The molecule has 4 aromatic carbocycles. The number of aromatic hydroxyl groups is 1. The molecule has 49 heavy (non-hydrogen) atoms. The highest BCUT2D eigenvalue weighted by atomic mass is 19.1. The highest BCUT2D eigenvalue weighted by Gasteiger charge is 2.34. The average molecular weight is 661 g/mol. The zero-order valence-corrected chi connectivity index (χ0v) is 28.4. The van der Waals surface area contributed by atoms with Crippen LogP contribution in [0.4, 0.5) is 15.8 Å². The molecule has 2 atom stereocenters. The van der Waals surface area contributed by atoms with Crippen molar-refractivity contribution in [2.75, 3.05) is 69.3 Å². The van der Waals surface area contributed by atoms with Crippen LogP contribution in [0.2, 0.25) is 0 Å². The molecule has 8 rings (SSSR count). The van der Waals surface area contributed by atoms with Gasteiger partial charge in [0.25, 0.3) is 5.91 Å². The Bertz CT molecular complexity index is 1850. The topological polar surface area (TPSA) is 59.5 Å². The van der Waals surface area contributed by atoms with E-state index in [0.29, 0.717) is 30.3 Å². The summed E-state index contributed by atoms with van der Waals surface area (Å²) in [6.07, 6.45) is 2.32. The van der Waals surface area contributed by atoms with Gasteiger partial charge in [-0.2, -0.15) is 0 Å². The number of rotatable bonds is 6. The summed E-state index contributed by atoms with van der Waals surface area (Å²) in [6.45, 7) is 9.88. The van der Waals surface area contributed by atoms with Crippen LogP contribution in [0.15, 0.2) is 78.9 Å². The molecule has 4 heterocycles. The standard InChI is InChI=1S/C41H45FN4O3/c1-27-4-3-5-30(20-27)36-26-49-39-22-33(47)10-11-34(39)40(36)29-6-8-32(9-7-29)45-14-12-28(13-15-45)24-44-16-18-46(19-17-44)38-21-31-25-43(2)41(48)35(31)23-37(38)42/h3-11,20-23,28,36,40,47H,12-19,24-26H2,1-2H3. The van der Waals surface area contributed by atoms with Crippen LogP contribution in [0.3, 0.4) is 0 Å². The number of ether oxygens (including phenoxy) is 1.